The van der Waals surface area contributed by atoms with Gasteiger partial charge >= 0.3 is 0 Å². The van der Waals surface area contributed by atoms with Crippen molar-refractivity contribution in [3.05, 3.63) is 69.8 Å². The maximum atomic E-state index is 12.4. The fourth-order valence-electron chi connectivity index (χ4n) is 3.22. The van der Waals surface area contributed by atoms with Crippen molar-refractivity contribution in [2.24, 2.45) is 0 Å². The second kappa shape index (κ2) is 9.47. The number of thiazole rings is 1. The summed E-state index contributed by atoms with van der Waals surface area (Å²) in [6.07, 6.45) is -0.325. The van der Waals surface area contributed by atoms with Crippen molar-refractivity contribution in [1.82, 2.24) is 25.8 Å². The topological polar surface area (TPSA) is 120 Å². The summed E-state index contributed by atoms with van der Waals surface area (Å²) in [5, 5.41) is 26.2. The molecule has 164 valence electrons. The molecule has 0 spiro atoms. The average Bonchev–Trinajstić information content (AvgIpc) is 3.46. The number of nitrogens with one attached hydrogen (secondary N) is 3. The van der Waals surface area contributed by atoms with E-state index in [0.29, 0.717) is 45.3 Å². The number of carbonyl (C=O) groups is 2. The number of halogens is 1. The summed E-state index contributed by atoms with van der Waals surface area (Å²) in [5.74, 6) is -0.571. The van der Waals surface area contributed by atoms with Crippen molar-refractivity contribution >= 4 is 45.7 Å². The summed E-state index contributed by atoms with van der Waals surface area (Å²) in [5.41, 5.74) is 2.90. The number of hydrogen-bond donors (Lipinski definition) is 4. The minimum Gasteiger partial charge on any atom is -0.388 e. The number of aliphatic hydroxyl groups excluding tert-OH is 1. The first-order chi connectivity index (χ1) is 15.5. The summed E-state index contributed by atoms with van der Waals surface area (Å²) >= 11 is 7.21. The van der Waals surface area contributed by atoms with Crippen LogP contribution in [0, 0.1) is 0 Å². The van der Waals surface area contributed by atoms with Gasteiger partial charge in [-0.15, -0.1) is 11.3 Å². The van der Waals surface area contributed by atoms with E-state index >= 15 is 0 Å². The number of amides is 2. The standard InChI is InChI=1S/C22H20ClN5O3S/c1-24-21(31)19-15-7-4-13(10-16(15)27-28-19)22-26-17(11-32-22)20(30)25-9-8-18(29)12-2-5-14(23)6-3-12/h2-7,10-11,18,29H,8-9H2,1H3,(H,24,31)(H,25,30)(H,27,28). The number of rotatable bonds is 7. The molecule has 4 aromatic rings. The molecule has 0 fully saturated rings. The van der Waals surface area contributed by atoms with E-state index in [4.69, 9.17) is 11.6 Å². The number of aromatic nitrogens is 3. The summed E-state index contributed by atoms with van der Waals surface area (Å²) in [6, 6.07) is 12.4. The van der Waals surface area contributed by atoms with Crippen LogP contribution in [0.2, 0.25) is 5.02 Å². The molecule has 2 aromatic carbocycles. The van der Waals surface area contributed by atoms with Crippen LogP contribution in [0.1, 0.15) is 39.1 Å². The van der Waals surface area contributed by atoms with Crippen LogP contribution in [0.5, 0.6) is 0 Å². The van der Waals surface area contributed by atoms with Gasteiger partial charge in [0.1, 0.15) is 10.7 Å². The third-order valence-electron chi connectivity index (χ3n) is 4.95. The molecule has 0 aliphatic carbocycles. The van der Waals surface area contributed by atoms with E-state index in [1.54, 1.807) is 42.8 Å². The largest absolute Gasteiger partial charge is 0.388 e. The number of aromatic amines is 1. The Morgan fingerprint density at radius 2 is 1.97 bits per heavy atom. The molecular formula is C22H20ClN5O3S. The Kier molecular flexibility index (Phi) is 6.50. The molecule has 2 amide bonds. The molecule has 0 bridgehead atoms. The van der Waals surface area contributed by atoms with Crippen LogP contribution in [0.3, 0.4) is 0 Å². The van der Waals surface area contributed by atoms with E-state index in [1.165, 1.54) is 11.3 Å². The van der Waals surface area contributed by atoms with Gasteiger partial charge in [0, 0.05) is 34.9 Å². The second-order valence-corrected chi connectivity index (χ2v) is 8.36. The Bertz CT molecular complexity index is 1270. The van der Waals surface area contributed by atoms with Gasteiger partial charge in [-0.25, -0.2) is 4.98 Å². The van der Waals surface area contributed by atoms with Gasteiger partial charge in [-0.1, -0.05) is 29.8 Å². The minimum atomic E-state index is -0.695. The van der Waals surface area contributed by atoms with E-state index in [1.807, 2.05) is 12.1 Å². The van der Waals surface area contributed by atoms with Gasteiger partial charge in [-0.2, -0.15) is 5.10 Å². The van der Waals surface area contributed by atoms with Gasteiger partial charge < -0.3 is 15.7 Å². The van der Waals surface area contributed by atoms with Gasteiger partial charge in [0.05, 0.1) is 11.6 Å². The molecule has 8 nitrogen and oxygen atoms in total. The van der Waals surface area contributed by atoms with Crippen LogP contribution in [-0.4, -0.2) is 45.7 Å². The maximum absolute atomic E-state index is 12.4. The van der Waals surface area contributed by atoms with Crippen LogP contribution < -0.4 is 10.6 Å². The predicted octanol–water partition coefficient (Wildman–Crippen LogP) is 3.55. The number of carbonyl (C=O) groups excluding carboxylic acids is 2. The molecule has 0 radical (unpaired) electrons. The lowest BCUT2D eigenvalue weighted by atomic mass is 10.1. The van der Waals surface area contributed by atoms with E-state index in [9.17, 15) is 14.7 Å². The maximum Gasteiger partial charge on any atom is 0.272 e. The van der Waals surface area contributed by atoms with Gasteiger partial charge in [0.2, 0.25) is 0 Å². The zero-order valence-electron chi connectivity index (χ0n) is 17.1. The van der Waals surface area contributed by atoms with Crippen molar-refractivity contribution in [2.75, 3.05) is 13.6 Å². The van der Waals surface area contributed by atoms with Crippen molar-refractivity contribution in [1.29, 1.82) is 0 Å². The number of aliphatic hydroxyl groups is 1. The zero-order valence-corrected chi connectivity index (χ0v) is 18.6. The predicted molar refractivity (Wildman–Crippen MR) is 124 cm³/mol. The monoisotopic (exact) mass is 469 g/mol. The number of hydrogen-bond acceptors (Lipinski definition) is 6. The fraction of sp³-hybridized carbons (Fsp3) is 0.182. The van der Waals surface area contributed by atoms with Crippen LogP contribution in [0.15, 0.2) is 47.8 Å². The first kappa shape index (κ1) is 21.9. The highest BCUT2D eigenvalue weighted by Gasteiger charge is 2.16. The van der Waals surface area contributed by atoms with E-state index in [-0.39, 0.29) is 11.8 Å². The molecule has 0 saturated carbocycles. The molecule has 2 heterocycles. The molecule has 10 heteroatoms. The molecular weight excluding hydrogens is 450 g/mol. The fourth-order valence-corrected chi connectivity index (χ4v) is 4.14. The quantitative estimate of drug-likeness (QED) is 0.330. The van der Waals surface area contributed by atoms with Gasteiger partial charge in [-0.05, 0) is 36.2 Å². The molecule has 32 heavy (non-hydrogen) atoms. The summed E-state index contributed by atoms with van der Waals surface area (Å²) in [6.45, 7) is 0.303. The SMILES string of the molecule is CNC(=O)c1n[nH]c2cc(-c3nc(C(=O)NCCC(O)c4ccc(Cl)cc4)cs3)ccc12. The smallest absolute Gasteiger partial charge is 0.272 e. The summed E-state index contributed by atoms with van der Waals surface area (Å²) < 4.78 is 0. The van der Waals surface area contributed by atoms with Crippen LogP contribution in [0.25, 0.3) is 21.5 Å². The molecule has 0 saturated heterocycles. The van der Waals surface area contributed by atoms with Crippen molar-refractivity contribution in [3.8, 4) is 10.6 Å². The minimum absolute atomic E-state index is 0.265. The molecule has 1 unspecified atom stereocenters. The third-order valence-corrected chi connectivity index (χ3v) is 6.09. The number of benzene rings is 2. The van der Waals surface area contributed by atoms with Crippen LogP contribution >= 0.6 is 22.9 Å². The number of fused-ring (bicyclic) bond motifs is 1. The first-order valence-electron chi connectivity index (χ1n) is 9.84. The highest BCUT2D eigenvalue weighted by molar-refractivity contribution is 7.13. The zero-order chi connectivity index (χ0) is 22.7. The lowest BCUT2D eigenvalue weighted by molar-refractivity contribution is 0.0935. The second-order valence-electron chi connectivity index (χ2n) is 7.06. The number of nitrogens with zero attached hydrogens (tertiary/aromatic N) is 2. The van der Waals surface area contributed by atoms with Gasteiger partial charge in [-0.3, -0.25) is 14.7 Å². The van der Waals surface area contributed by atoms with Crippen molar-refractivity contribution < 1.29 is 14.7 Å². The van der Waals surface area contributed by atoms with Gasteiger partial charge in [0.15, 0.2) is 5.69 Å². The molecule has 1 atom stereocenters. The van der Waals surface area contributed by atoms with Crippen molar-refractivity contribution in [2.45, 2.75) is 12.5 Å². The molecule has 0 aliphatic heterocycles. The summed E-state index contributed by atoms with van der Waals surface area (Å²) in [4.78, 5) is 28.8. The summed E-state index contributed by atoms with van der Waals surface area (Å²) in [7, 11) is 1.55. The van der Waals surface area contributed by atoms with E-state index < -0.39 is 6.10 Å². The van der Waals surface area contributed by atoms with Crippen LogP contribution in [0.4, 0.5) is 0 Å². The molecule has 4 N–H and O–H groups in total. The number of H-pyrrole nitrogens is 1. The average molecular weight is 470 g/mol. The van der Waals surface area contributed by atoms with Crippen LogP contribution in [-0.2, 0) is 0 Å². The van der Waals surface area contributed by atoms with E-state index in [2.05, 4.69) is 25.8 Å². The lowest BCUT2D eigenvalue weighted by Crippen LogP contribution is -2.25. The van der Waals surface area contributed by atoms with Gasteiger partial charge in [0.25, 0.3) is 11.8 Å². The first-order valence-corrected chi connectivity index (χ1v) is 11.1. The normalized spacial score (nSPS) is 12.0. The highest BCUT2D eigenvalue weighted by atomic mass is 35.5. The van der Waals surface area contributed by atoms with Crippen molar-refractivity contribution in [3.63, 3.8) is 0 Å². The Balaban J connectivity index is 1.39. The van der Waals surface area contributed by atoms with E-state index in [0.717, 1.165) is 11.1 Å². The molecule has 4 rings (SSSR count). The Labute approximate surface area is 192 Å². The molecule has 2 aromatic heterocycles. The third kappa shape index (κ3) is 4.64. The highest BCUT2D eigenvalue weighted by Crippen LogP contribution is 2.28. The molecule has 0 aliphatic rings. The Morgan fingerprint density at radius 3 is 2.72 bits per heavy atom. The lowest BCUT2D eigenvalue weighted by Gasteiger charge is -2.11. The Morgan fingerprint density at radius 1 is 1.19 bits per heavy atom. The Hall–Kier alpha value is -3.27.